The first-order valence-electron chi connectivity index (χ1n) is 7.68. The first-order chi connectivity index (χ1) is 11.5. The van der Waals surface area contributed by atoms with Crippen LogP contribution >= 0.6 is 0 Å². The Kier molecular flexibility index (Phi) is 4.71. The first kappa shape index (κ1) is 16.7. The maximum absolute atomic E-state index is 13.8. The standard InChI is InChI=1S/C17H17F4N3/c1-11-3-2-4-12(9-11)10-23-5-7-24(8-6-23)15-13(18)16(20)22-17(21)14(15)19/h2-4,9H,5-8,10H2,1H3. The molecule has 1 saturated heterocycles. The summed E-state index contributed by atoms with van der Waals surface area (Å²) in [6, 6.07) is 8.10. The van der Waals surface area contributed by atoms with E-state index in [2.05, 4.69) is 16.0 Å². The molecular formula is C17H17F4N3. The van der Waals surface area contributed by atoms with E-state index in [0.29, 0.717) is 13.1 Å². The summed E-state index contributed by atoms with van der Waals surface area (Å²) in [6.07, 6.45) is 0. The third-order valence-electron chi connectivity index (χ3n) is 4.15. The van der Waals surface area contributed by atoms with E-state index in [-0.39, 0.29) is 13.1 Å². The van der Waals surface area contributed by atoms with E-state index in [9.17, 15) is 17.6 Å². The Balaban J connectivity index is 1.70. The zero-order valence-corrected chi connectivity index (χ0v) is 13.2. The molecule has 0 saturated carbocycles. The zero-order chi connectivity index (χ0) is 17.3. The van der Waals surface area contributed by atoms with E-state index in [1.807, 2.05) is 25.1 Å². The minimum Gasteiger partial charge on any atom is -0.364 e. The maximum atomic E-state index is 13.8. The lowest BCUT2D eigenvalue weighted by atomic mass is 10.1. The molecule has 0 amide bonds. The van der Waals surface area contributed by atoms with Crippen molar-refractivity contribution in [2.45, 2.75) is 13.5 Å². The molecule has 1 aliphatic rings. The quantitative estimate of drug-likeness (QED) is 0.632. The smallest absolute Gasteiger partial charge is 0.253 e. The van der Waals surface area contributed by atoms with Gasteiger partial charge in [-0.1, -0.05) is 29.8 Å². The molecule has 1 aromatic heterocycles. The SMILES string of the molecule is Cc1cccc(CN2CCN(c3c(F)c(F)nc(F)c3F)CC2)c1. The number of piperazine rings is 1. The van der Waals surface area contributed by atoms with E-state index in [0.717, 1.165) is 17.7 Å². The fourth-order valence-electron chi connectivity index (χ4n) is 2.95. The number of rotatable bonds is 3. The van der Waals surface area contributed by atoms with Crippen LogP contribution in [0.4, 0.5) is 23.2 Å². The van der Waals surface area contributed by atoms with Crippen LogP contribution in [0.1, 0.15) is 11.1 Å². The van der Waals surface area contributed by atoms with Gasteiger partial charge in [-0.15, -0.1) is 0 Å². The van der Waals surface area contributed by atoms with Gasteiger partial charge in [0.2, 0.25) is 11.6 Å². The molecule has 2 aromatic rings. The highest BCUT2D eigenvalue weighted by molar-refractivity contribution is 5.49. The summed E-state index contributed by atoms with van der Waals surface area (Å²) in [6.45, 7) is 4.38. The second-order valence-corrected chi connectivity index (χ2v) is 5.92. The molecule has 7 heteroatoms. The van der Waals surface area contributed by atoms with Crippen LogP contribution in [0.5, 0.6) is 0 Å². The van der Waals surface area contributed by atoms with Crippen LogP contribution in [0, 0.1) is 30.5 Å². The van der Waals surface area contributed by atoms with Gasteiger partial charge in [0.1, 0.15) is 5.69 Å². The maximum Gasteiger partial charge on any atom is 0.253 e. The van der Waals surface area contributed by atoms with Crippen LogP contribution in [0.15, 0.2) is 24.3 Å². The summed E-state index contributed by atoms with van der Waals surface area (Å²) < 4.78 is 54.1. The molecule has 3 nitrogen and oxygen atoms in total. The first-order valence-corrected chi connectivity index (χ1v) is 7.68. The largest absolute Gasteiger partial charge is 0.364 e. The Labute approximate surface area is 137 Å². The van der Waals surface area contributed by atoms with Gasteiger partial charge in [0.15, 0.2) is 0 Å². The molecule has 0 unspecified atom stereocenters. The molecule has 3 rings (SSSR count). The van der Waals surface area contributed by atoms with Gasteiger partial charge in [-0.3, -0.25) is 4.90 Å². The normalized spacial score (nSPS) is 15.8. The number of aromatic nitrogens is 1. The van der Waals surface area contributed by atoms with Gasteiger partial charge >= 0.3 is 0 Å². The Morgan fingerprint density at radius 1 is 0.958 bits per heavy atom. The fourth-order valence-corrected chi connectivity index (χ4v) is 2.95. The zero-order valence-electron chi connectivity index (χ0n) is 13.2. The Bertz CT molecular complexity index is 717. The summed E-state index contributed by atoms with van der Waals surface area (Å²) in [5.74, 6) is -6.13. The molecule has 128 valence electrons. The molecule has 0 radical (unpaired) electrons. The number of hydrogen-bond donors (Lipinski definition) is 0. The minimum atomic E-state index is -1.62. The van der Waals surface area contributed by atoms with Crippen molar-refractivity contribution in [3.63, 3.8) is 0 Å². The van der Waals surface area contributed by atoms with Crippen LogP contribution in [-0.2, 0) is 6.54 Å². The Hall–Kier alpha value is -2.15. The molecule has 0 bridgehead atoms. The van der Waals surface area contributed by atoms with Crippen molar-refractivity contribution >= 4 is 5.69 Å². The highest BCUT2D eigenvalue weighted by Crippen LogP contribution is 2.27. The number of nitrogens with zero attached hydrogens (tertiary/aromatic N) is 3. The second kappa shape index (κ2) is 6.76. The Morgan fingerprint density at radius 3 is 2.17 bits per heavy atom. The topological polar surface area (TPSA) is 19.4 Å². The second-order valence-electron chi connectivity index (χ2n) is 5.92. The number of hydrogen-bond acceptors (Lipinski definition) is 3. The lowest BCUT2D eigenvalue weighted by molar-refractivity contribution is 0.247. The molecule has 0 spiro atoms. The molecule has 0 atom stereocenters. The fraction of sp³-hybridized carbons (Fsp3) is 0.353. The number of pyridine rings is 1. The van der Waals surface area contributed by atoms with Gasteiger partial charge in [0.25, 0.3) is 11.9 Å². The average Bonchev–Trinajstić information content (AvgIpc) is 2.55. The molecule has 1 aliphatic heterocycles. The summed E-state index contributed by atoms with van der Waals surface area (Å²) in [4.78, 5) is 6.05. The van der Waals surface area contributed by atoms with Gasteiger partial charge < -0.3 is 4.90 Å². The molecule has 2 heterocycles. The van der Waals surface area contributed by atoms with Crippen molar-refractivity contribution < 1.29 is 17.6 Å². The third kappa shape index (κ3) is 3.36. The van der Waals surface area contributed by atoms with Crippen LogP contribution < -0.4 is 4.90 Å². The van der Waals surface area contributed by atoms with Crippen LogP contribution in [0.3, 0.4) is 0 Å². The molecule has 1 fully saturated rings. The number of benzene rings is 1. The van der Waals surface area contributed by atoms with Crippen molar-refractivity contribution in [1.82, 2.24) is 9.88 Å². The van der Waals surface area contributed by atoms with Crippen LogP contribution in [0.2, 0.25) is 0 Å². The number of aryl methyl sites for hydroxylation is 1. The predicted molar refractivity (Wildman–Crippen MR) is 82.7 cm³/mol. The van der Waals surface area contributed by atoms with Gasteiger partial charge in [0, 0.05) is 32.7 Å². The number of halogens is 4. The lowest BCUT2D eigenvalue weighted by Gasteiger charge is -2.36. The van der Waals surface area contributed by atoms with E-state index >= 15 is 0 Å². The van der Waals surface area contributed by atoms with Crippen molar-refractivity contribution in [3.05, 3.63) is 58.9 Å². The molecule has 24 heavy (non-hydrogen) atoms. The minimum absolute atomic E-state index is 0.280. The molecular weight excluding hydrogens is 322 g/mol. The van der Waals surface area contributed by atoms with Crippen LogP contribution in [0.25, 0.3) is 0 Å². The van der Waals surface area contributed by atoms with E-state index < -0.39 is 29.2 Å². The van der Waals surface area contributed by atoms with E-state index in [4.69, 9.17) is 0 Å². The van der Waals surface area contributed by atoms with Crippen molar-refractivity contribution in [2.24, 2.45) is 0 Å². The summed E-state index contributed by atoms with van der Waals surface area (Å²) >= 11 is 0. The predicted octanol–water partition coefficient (Wildman–Crippen LogP) is 3.27. The van der Waals surface area contributed by atoms with Gasteiger partial charge in [-0.25, -0.2) is 0 Å². The monoisotopic (exact) mass is 339 g/mol. The summed E-state index contributed by atoms with van der Waals surface area (Å²) in [5.41, 5.74) is 1.65. The average molecular weight is 339 g/mol. The van der Waals surface area contributed by atoms with Crippen molar-refractivity contribution in [2.75, 3.05) is 31.1 Å². The number of anilines is 1. The third-order valence-corrected chi connectivity index (χ3v) is 4.15. The Morgan fingerprint density at radius 2 is 1.58 bits per heavy atom. The van der Waals surface area contributed by atoms with Crippen LogP contribution in [-0.4, -0.2) is 36.1 Å². The molecule has 1 aromatic carbocycles. The van der Waals surface area contributed by atoms with Gasteiger partial charge in [0.05, 0.1) is 0 Å². The lowest BCUT2D eigenvalue weighted by Crippen LogP contribution is -2.46. The van der Waals surface area contributed by atoms with E-state index in [1.165, 1.54) is 4.90 Å². The van der Waals surface area contributed by atoms with E-state index in [1.54, 1.807) is 0 Å². The molecule has 0 aliphatic carbocycles. The summed E-state index contributed by atoms with van der Waals surface area (Å²) in [5, 5.41) is 0. The van der Waals surface area contributed by atoms with Crippen molar-refractivity contribution in [3.8, 4) is 0 Å². The van der Waals surface area contributed by atoms with Gasteiger partial charge in [-0.05, 0) is 12.5 Å². The molecule has 0 N–H and O–H groups in total. The van der Waals surface area contributed by atoms with Crippen molar-refractivity contribution in [1.29, 1.82) is 0 Å². The highest BCUT2D eigenvalue weighted by atomic mass is 19.2. The van der Waals surface area contributed by atoms with Gasteiger partial charge in [-0.2, -0.15) is 22.5 Å². The highest BCUT2D eigenvalue weighted by Gasteiger charge is 2.27. The summed E-state index contributed by atoms with van der Waals surface area (Å²) in [7, 11) is 0.